The minimum Gasteiger partial charge on any atom is -0.492 e. The van der Waals surface area contributed by atoms with Crippen LogP contribution in [0.25, 0.3) is 11.1 Å². The summed E-state index contributed by atoms with van der Waals surface area (Å²) in [4.78, 5) is 5.72. The standard InChI is InChI=1S/C27H23ClF4N2O3/c28-21-6-4-19(5-7-21)20-15-23(29)24(33-16-20)10-3-18-1-8-22(9-2-18)37-14-13-34-12-11-26(36,25(35)17-34)27(30,31)32/h1-2,4-9,15-16,25,35-36H,11-14,17H2/t25-,26-/m1/s1. The molecule has 0 spiro atoms. The highest BCUT2D eigenvalue weighted by Crippen LogP contribution is 2.38. The molecule has 5 nitrogen and oxygen atoms in total. The first-order valence-corrected chi connectivity index (χ1v) is 11.8. The molecule has 2 aromatic carbocycles. The van der Waals surface area contributed by atoms with Gasteiger partial charge in [0, 0.05) is 48.4 Å². The van der Waals surface area contributed by atoms with Crippen molar-refractivity contribution in [2.45, 2.75) is 24.3 Å². The van der Waals surface area contributed by atoms with Crippen molar-refractivity contribution < 1.29 is 32.5 Å². The molecule has 2 heterocycles. The highest BCUT2D eigenvalue weighted by atomic mass is 35.5. The molecule has 0 amide bonds. The van der Waals surface area contributed by atoms with E-state index in [0.29, 0.717) is 21.9 Å². The number of ether oxygens (including phenoxy) is 1. The van der Waals surface area contributed by atoms with E-state index in [1.807, 2.05) is 0 Å². The maximum absolute atomic E-state index is 14.5. The largest absolute Gasteiger partial charge is 0.492 e. The Kier molecular flexibility index (Phi) is 8.05. The van der Waals surface area contributed by atoms with Crippen molar-refractivity contribution >= 4 is 11.6 Å². The number of hydrogen-bond acceptors (Lipinski definition) is 5. The van der Waals surface area contributed by atoms with Crippen molar-refractivity contribution in [2.75, 3.05) is 26.2 Å². The van der Waals surface area contributed by atoms with Crippen molar-refractivity contribution in [3.05, 3.63) is 82.9 Å². The van der Waals surface area contributed by atoms with E-state index in [0.717, 1.165) is 5.56 Å². The summed E-state index contributed by atoms with van der Waals surface area (Å²) in [5.41, 5.74) is -1.07. The van der Waals surface area contributed by atoms with Crippen LogP contribution >= 0.6 is 11.6 Å². The van der Waals surface area contributed by atoms with Crippen LogP contribution in [0.5, 0.6) is 5.75 Å². The van der Waals surface area contributed by atoms with Crippen LogP contribution in [0.1, 0.15) is 17.7 Å². The molecule has 2 atom stereocenters. The summed E-state index contributed by atoms with van der Waals surface area (Å²) in [6, 6.07) is 15.1. The molecule has 1 saturated heterocycles. The molecule has 4 rings (SSSR count). The first-order chi connectivity index (χ1) is 17.5. The number of hydrogen-bond donors (Lipinski definition) is 2. The zero-order valence-electron chi connectivity index (χ0n) is 19.5. The van der Waals surface area contributed by atoms with E-state index in [4.69, 9.17) is 16.3 Å². The van der Waals surface area contributed by atoms with E-state index in [1.54, 1.807) is 53.4 Å². The van der Waals surface area contributed by atoms with E-state index >= 15 is 0 Å². The Hall–Kier alpha value is -3.16. The number of pyridine rings is 1. The lowest BCUT2D eigenvalue weighted by Crippen LogP contribution is -2.63. The zero-order valence-corrected chi connectivity index (χ0v) is 20.2. The maximum Gasteiger partial charge on any atom is 0.419 e. The maximum atomic E-state index is 14.5. The van der Waals surface area contributed by atoms with Crippen LogP contribution in [-0.4, -0.2) is 64.2 Å². The average molecular weight is 535 g/mol. The van der Waals surface area contributed by atoms with E-state index < -0.39 is 30.1 Å². The third-order valence-electron chi connectivity index (χ3n) is 6.16. The van der Waals surface area contributed by atoms with Crippen molar-refractivity contribution in [2.24, 2.45) is 0 Å². The Bertz CT molecular complexity index is 1290. The molecule has 0 radical (unpaired) electrons. The van der Waals surface area contributed by atoms with Gasteiger partial charge in [0.15, 0.2) is 11.4 Å². The first kappa shape index (κ1) is 26.9. The summed E-state index contributed by atoms with van der Waals surface area (Å²) in [6.45, 7) is 0.135. The van der Waals surface area contributed by atoms with Gasteiger partial charge in [-0.3, -0.25) is 4.90 Å². The second-order valence-electron chi connectivity index (χ2n) is 8.67. The van der Waals surface area contributed by atoms with Gasteiger partial charge in [-0.25, -0.2) is 9.37 Å². The number of aliphatic hydroxyl groups is 2. The molecule has 10 heteroatoms. The predicted octanol–water partition coefficient (Wildman–Crippen LogP) is 4.68. The lowest BCUT2D eigenvalue weighted by Gasteiger charge is -2.42. The second kappa shape index (κ2) is 11.1. The van der Waals surface area contributed by atoms with Crippen molar-refractivity contribution in [3.8, 4) is 28.7 Å². The summed E-state index contributed by atoms with van der Waals surface area (Å²) in [5, 5.41) is 20.1. The number of aromatic nitrogens is 1. The van der Waals surface area contributed by atoms with Crippen molar-refractivity contribution in [1.82, 2.24) is 9.88 Å². The summed E-state index contributed by atoms with van der Waals surface area (Å²) in [6.07, 6.45) is -5.88. The van der Waals surface area contributed by atoms with Crippen molar-refractivity contribution in [3.63, 3.8) is 0 Å². The lowest BCUT2D eigenvalue weighted by atomic mass is 9.88. The molecule has 1 aliphatic rings. The number of halogens is 5. The second-order valence-corrected chi connectivity index (χ2v) is 9.11. The molecule has 1 aromatic heterocycles. The molecule has 1 aliphatic heterocycles. The SMILES string of the molecule is O[C@@H]1CN(CCOc2ccc(C#Cc3ncc(-c4ccc(Cl)cc4)cc3F)cc2)CC[C@]1(O)C(F)(F)F. The van der Waals surface area contributed by atoms with Crippen LogP contribution in [0.2, 0.25) is 5.02 Å². The minimum atomic E-state index is -4.89. The van der Waals surface area contributed by atoms with Gasteiger partial charge in [-0.05, 0) is 53.9 Å². The van der Waals surface area contributed by atoms with Gasteiger partial charge in [0.05, 0.1) is 0 Å². The summed E-state index contributed by atoms with van der Waals surface area (Å²) < 4.78 is 59.1. The summed E-state index contributed by atoms with van der Waals surface area (Å²) in [5.74, 6) is 5.54. The van der Waals surface area contributed by atoms with Crippen molar-refractivity contribution in [1.29, 1.82) is 0 Å². The van der Waals surface area contributed by atoms with E-state index in [9.17, 15) is 27.8 Å². The van der Waals surface area contributed by atoms with Gasteiger partial charge in [0.2, 0.25) is 0 Å². The van der Waals surface area contributed by atoms with Gasteiger partial charge in [0.1, 0.15) is 24.2 Å². The fourth-order valence-electron chi connectivity index (χ4n) is 3.90. The smallest absolute Gasteiger partial charge is 0.419 e. The lowest BCUT2D eigenvalue weighted by molar-refractivity contribution is -0.302. The van der Waals surface area contributed by atoms with Crippen LogP contribution < -0.4 is 4.74 Å². The molecule has 37 heavy (non-hydrogen) atoms. The third-order valence-corrected chi connectivity index (χ3v) is 6.41. The Balaban J connectivity index is 1.29. The fourth-order valence-corrected chi connectivity index (χ4v) is 4.03. The Morgan fingerprint density at radius 2 is 1.78 bits per heavy atom. The molecule has 0 saturated carbocycles. The third kappa shape index (κ3) is 6.40. The van der Waals surface area contributed by atoms with E-state index in [-0.39, 0.29) is 31.9 Å². The minimum absolute atomic E-state index is 0.0131. The molecule has 0 aliphatic carbocycles. The Labute approximate surface area is 216 Å². The first-order valence-electron chi connectivity index (χ1n) is 11.4. The fraction of sp³-hybridized carbons (Fsp3) is 0.296. The highest BCUT2D eigenvalue weighted by molar-refractivity contribution is 6.30. The molecule has 3 aromatic rings. The van der Waals surface area contributed by atoms with Crippen LogP contribution in [-0.2, 0) is 0 Å². The normalized spacial score (nSPS) is 20.2. The summed E-state index contributed by atoms with van der Waals surface area (Å²) >= 11 is 5.88. The Morgan fingerprint density at radius 1 is 1.08 bits per heavy atom. The Morgan fingerprint density at radius 3 is 2.41 bits per heavy atom. The van der Waals surface area contributed by atoms with Crippen LogP contribution in [0.4, 0.5) is 17.6 Å². The van der Waals surface area contributed by atoms with E-state index in [1.165, 1.54) is 12.3 Å². The molecule has 194 valence electrons. The monoisotopic (exact) mass is 534 g/mol. The molecule has 1 fully saturated rings. The number of aliphatic hydroxyl groups excluding tert-OH is 1. The van der Waals surface area contributed by atoms with Gasteiger partial charge in [-0.15, -0.1) is 0 Å². The molecule has 0 unspecified atom stereocenters. The van der Waals surface area contributed by atoms with Gasteiger partial charge in [0.25, 0.3) is 0 Å². The zero-order chi connectivity index (χ0) is 26.6. The molecular weight excluding hydrogens is 512 g/mol. The number of nitrogens with zero attached hydrogens (tertiary/aromatic N) is 2. The highest BCUT2D eigenvalue weighted by Gasteiger charge is 2.59. The predicted molar refractivity (Wildman–Crippen MR) is 131 cm³/mol. The van der Waals surface area contributed by atoms with Crippen LogP contribution in [0, 0.1) is 17.7 Å². The van der Waals surface area contributed by atoms with Gasteiger partial charge in [-0.1, -0.05) is 29.7 Å². The van der Waals surface area contributed by atoms with Crippen LogP contribution in [0.3, 0.4) is 0 Å². The quantitative estimate of drug-likeness (QED) is 0.368. The number of benzene rings is 2. The van der Waals surface area contributed by atoms with Gasteiger partial charge < -0.3 is 14.9 Å². The van der Waals surface area contributed by atoms with Gasteiger partial charge in [-0.2, -0.15) is 13.2 Å². The topological polar surface area (TPSA) is 65.8 Å². The average Bonchev–Trinajstić information content (AvgIpc) is 2.86. The number of piperidine rings is 1. The summed E-state index contributed by atoms with van der Waals surface area (Å²) in [7, 11) is 0. The van der Waals surface area contributed by atoms with Gasteiger partial charge >= 0.3 is 6.18 Å². The van der Waals surface area contributed by atoms with E-state index in [2.05, 4.69) is 16.8 Å². The van der Waals surface area contributed by atoms with Crippen LogP contribution in [0.15, 0.2) is 60.8 Å². The molecule has 2 N–H and O–H groups in total. The number of rotatable bonds is 5. The number of alkyl halides is 3. The molecule has 0 bridgehead atoms. The number of β-amino-alcohol motifs (C(OH)–C–C–N with tert-alkyl or cyclic N) is 1. The number of likely N-dealkylation sites (tertiary alicyclic amines) is 1. The molecular formula is C27H23ClF4N2O3.